The quantitative estimate of drug-likeness (QED) is 0.790. The highest BCUT2D eigenvalue weighted by Crippen LogP contribution is 2.11. The highest BCUT2D eigenvalue weighted by Gasteiger charge is 2.03. The SMILES string of the molecule is Cc1nnn(-c2ccc(NCC(O)CCl)cc2)n1. The van der Waals surface area contributed by atoms with Crippen LogP contribution >= 0.6 is 11.6 Å². The molecule has 0 bridgehead atoms. The van der Waals surface area contributed by atoms with E-state index in [9.17, 15) is 5.11 Å². The van der Waals surface area contributed by atoms with Crippen molar-refractivity contribution in [2.24, 2.45) is 0 Å². The van der Waals surface area contributed by atoms with Crippen molar-refractivity contribution in [3.63, 3.8) is 0 Å². The Morgan fingerprint density at radius 3 is 2.67 bits per heavy atom. The van der Waals surface area contributed by atoms with Crippen LogP contribution in [-0.4, -0.2) is 43.8 Å². The molecule has 1 atom stereocenters. The van der Waals surface area contributed by atoms with E-state index < -0.39 is 6.10 Å². The Balaban J connectivity index is 2.01. The van der Waals surface area contributed by atoms with E-state index in [1.165, 1.54) is 4.80 Å². The minimum Gasteiger partial charge on any atom is -0.390 e. The van der Waals surface area contributed by atoms with Crippen molar-refractivity contribution in [1.29, 1.82) is 0 Å². The topological polar surface area (TPSA) is 75.9 Å². The van der Waals surface area contributed by atoms with E-state index in [1.54, 1.807) is 6.92 Å². The van der Waals surface area contributed by atoms with Gasteiger partial charge in [-0.1, -0.05) is 0 Å². The van der Waals surface area contributed by atoms with Crippen LogP contribution in [0.2, 0.25) is 0 Å². The predicted molar refractivity (Wildman–Crippen MR) is 69.1 cm³/mol. The Morgan fingerprint density at radius 2 is 2.11 bits per heavy atom. The maximum absolute atomic E-state index is 9.33. The summed E-state index contributed by atoms with van der Waals surface area (Å²) in [4.78, 5) is 1.47. The van der Waals surface area contributed by atoms with Crippen molar-refractivity contribution in [1.82, 2.24) is 20.2 Å². The summed E-state index contributed by atoms with van der Waals surface area (Å²) in [6, 6.07) is 7.51. The number of hydrogen-bond donors (Lipinski definition) is 2. The molecular formula is C11H14ClN5O. The van der Waals surface area contributed by atoms with Gasteiger partial charge in [-0.05, 0) is 36.4 Å². The van der Waals surface area contributed by atoms with Crippen LogP contribution in [0.5, 0.6) is 0 Å². The third kappa shape index (κ3) is 3.18. The number of aromatic nitrogens is 4. The molecule has 2 aromatic rings. The van der Waals surface area contributed by atoms with Crippen molar-refractivity contribution in [3.05, 3.63) is 30.1 Å². The fourth-order valence-corrected chi connectivity index (χ4v) is 1.51. The molecule has 0 spiro atoms. The standard InChI is InChI=1S/C11H14ClN5O/c1-8-14-16-17(15-8)10-4-2-9(3-5-10)13-7-11(18)6-12/h2-5,11,13,18H,6-7H2,1H3. The number of benzene rings is 1. The van der Waals surface area contributed by atoms with E-state index in [2.05, 4.69) is 20.7 Å². The van der Waals surface area contributed by atoms with Crippen molar-refractivity contribution in [3.8, 4) is 5.69 Å². The van der Waals surface area contributed by atoms with Crippen LogP contribution in [0, 0.1) is 6.92 Å². The number of nitrogens with one attached hydrogen (secondary N) is 1. The minimum absolute atomic E-state index is 0.216. The fraction of sp³-hybridized carbons (Fsp3) is 0.364. The van der Waals surface area contributed by atoms with E-state index in [1.807, 2.05) is 24.3 Å². The van der Waals surface area contributed by atoms with Crippen molar-refractivity contribution in [2.45, 2.75) is 13.0 Å². The monoisotopic (exact) mass is 267 g/mol. The lowest BCUT2D eigenvalue weighted by molar-refractivity contribution is 0.211. The van der Waals surface area contributed by atoms with E-state index in [4.69, 9.17) is 11.6 Å². The summed E-state index contributed by atoms with van der Waals surface area (Å²) in [6.45, 7) is 2.20. The molecule has 2 N–H and O–H groups in total. The first-order valence-electron chi connectivity index (χ1n) is 5.54. The maximum atomic E-state index is 9.33. The highest BCUT2D eigenvalue weighted by atomic mass is 35.5. The Morgan fingerprint density at radius 1 is 1.39 bits per heavy atom. The predicted octanol–water partition coefficient (Wildman–Crippen LogP) is 0.982. The molecule has 0 saturated heterocycles. The van der Waals surface area contributed by atoms with Gasteiger partial charge in [-0.15, -0.1) is 26.6 Å². The molecule has 1 aromatic heterocycles. The second kappa shape index (κ2) is 5.79. The Hall–Kier alpha value is -1.66. The number of hydrogen-bond acceptors (Lipinski definition) is 5. The maximum Gasteiger partial charge on any atom is 0.172 e. The van der Waals surface area contributed by atoms with Crippen LogP contribution in [0.1, 0.15) is 5.82 Å². The molecule has 1 heterocycles. The van der Waals surface area contributed by atoms with E-state index >= 15 is 0 Å². The molecule has 0 aliphatic carbocycles. The summed E-state index contributed by atoms with van der Waals surface area (Å²) in [5.74, 6) is 0.843. The molecule has 0 aliphatic rings. The van der Waals surface area contributed by atoms with Crippen LogP contribution < -0.4 is 5.32 Å². The van der Waals surface area contributed by atoms with Gasteiger partial charge in [0.15, 0.2) is 5.82 Å². The number of halogens is 1. The molecule has 6 nitrogen and oxygen atoms in total. The Labute approximate surface area is 110 Å². The molecule has 1 aromatic carbocycles. The molecule has 96 valence electrons. The van der Waals surface area contributed by atoms with Crippen LogP contribution in [0.3, 0.4) is 0 Å². The molecule has 2 rings (SSSR count). The lowest BCUT2D eigenvalue weighted by Crippen LogP contribution is -2.20. The van der Waals surface area contributed by atoms with Gasteiger partial charge in [0.1, 0.15) is 0 Å². The van der Waals surface area contributed by atoms with Gasteiger partial charge in [-0.3, -0.25) is 0 Å². The average molecular weight is 268 g/mol. The third-order valence-corrected chi connectivity index (χ3v) is 2.69. The Kier molecular flexibility index (Phi) is 4.11. The summed E-state index contributed by atoms with van der Waals surface area (Å²) in [6.07, 6.45) is -0.550. The first-order valence-corrected chi connectivity index (χ1v) is 6.07. The number of nitrogens with zero attached hydrogens (tertiary/aromatic N) is 4. The van der Waals surface area contributed by atoms with Crippen LogP contribution in [0.4, 0.5) is 5.69 Å². The zero-order valence-electron chi connectivity index (χ0n) is 9.91. The third-order valence-electron chi connectivity index (χ3n) is 2.33. The molecular weight excluding hydrogens is 254 g/mol. The van der Waals surface area contributed by atoms with Gasteiger partial charge in [0, 0.05) is 12.2 Å². The summed E-state index contributed by atoms with van der Waals surface area (Å²) in [5.41, 5.74) is 1.73. The van der Waals surface area contributed by atoms with Gasteiger partial charge in [0.05, 0.1) is 17.7 Å². The van der Waals surface area contributed by atoms with Gasteiger partial charge < -0.3 is 10.4 Å². The number of tetrazole rings is 1. The van der Waals surface area contributed by atoms with E-state index in [0.717, 1.165) is 11.4 Å². The smallest absolute Gasteiger partial charge is 0.172 e. The van der Waals surface area contributed by atoms with Crippen molar-refractivity contribution < 1.29 is 5.11 Å². The van der Waals surface area contributed by atoms with Crippen molar-refractivity contribution in [2.75, 3.05) is 17.7 Å². The van der Waals surface area contributed by atoms with Crippen molar-refractivity contribution >= 4 is 17.3 Å². The molecule has 0 radical (unpaired) electrons. The van der Waals surface area contributed by atoms with E-state index in [0.29, 0.717) is 12.4 Å². The zero-order valence-corrected chi connectivity index (χ0v) is 10.7. The summed E-state index contributed by atoms with van der Waals surface area (Å²) < 4.78 is 0. The summed E-state index contributed by atoms with van der Waals surface area (Å²) in [7, 11) is 0. The van der Waals surface area contributed by atoms with Gasteiger partial charge >= 0.3 is 0 Å². The van der Waals surface area contributed by atoms with Gasteiger partial charge in [-0.2, -0.15) is 0 Å². The largest absolute Gasteiger partial charge is 0.390 e. The first-order chi connectivity index (χ1) is 8.69. The molecule has 0 amide bonds. The minimum atomic E-state index is -0.550. The number of alkyl halides is 1. The van der Waals surface area contributed by atoms with Gasteiger partial charge in [0.25, 0.3) is 0 Å². The molecule has 0 fully saturated rings. The van der Waals surface area contributed by atoms with Gasteiger partial charge in [-0.25, -0.2) is 0 Å². The lowest BCUT2D eigenvalue weighted by Gasteiger charge is -2.10. The first kappa shape index (κ1) is 12.8. The molecule has 1 unspecified atom stereocenters. The molecule has 0 saturated carbocycles. The summed E-state index contributed by atoms with van der Waals surface area (Å²) in [5, 5.41) is 24.2. The molecule has 0 aliphatic heterocycles. The lowest BCUT2D eigenvalue weighted by atomic mass is 10.2. The van der Waals surface area contributed by atoms with Crippen LogP contribution in [0.25, 0.3) is 5.69 Å². The average Bonchev–Trinajstić information content (AvgIpc) is 2.83. The Bertz CT molecular complexity index is 498. The van der Waals surface area contributed by atoms with Crippen LogP contribution in [-0.2, 0) is 0 Å². The van der Waals surface area contributed by atoms with Crippen LogP contribution in [0.15, 0.2) is 24.3 Å². The summed E-state index contributed by atoms with van der Waals surface area (Å²) >= 11 is 5.51. The van der Waals surface area contributed by atoms with Gasteiger partial charge in [0.2, 0.25) is 0 Å². The number of rotatable bonds is 5. The molecule has 7 heteroatoms. The zero-order chi connectivity index (χ0) is 13.0. The highest BCUT2D eigenvalue weighted by molar-refractivity contribution is 6.18. The second-order valence-electron chi connectivity index (χ2n) is 3.86. The second-order valence-corrected chi connectivity index (χ2v) is 4.17. The number of aliphatic hydroxyl groups is 1. The normalized spacial score (nSPS) is 12.4. The molecule has 18 heavy (non-hydrogen) atoms. The number of aliphatic hydroxyl groups excluding tert-OH is 1. The fourth-order valence-electron chi connectivity index (χ4n) is 1.40. The number of aryl methyl sites for hydroxylation is 1. The number of anilines is 1. The van der Waals surface area contributed by atoms with E-state index in [-0.39, 0.29) is 5.88 Å².